The number of nitrogens with zero attached hydrogens (tertiary/aromatic N) is 5. The monoisotopic (exact) mass is 518 g/mol. The second kappa shape index (κ2) is 10.4. The minimum absolute atomic E-state index is 0.0525. The number of nitrogens with one attached hydrogen (secondary N) is 1. The summed E-state index contributed by atoms with van der Waals surface area (Å²) in [6.45, 7) is 6.74. The first kappa shape index (κ1) is 25.8. The van der Waals surface area contributed by atoms with Crippen LogP contribution in [0.5, 0.6) is 11.5 Å². The van der Waals surface area contributed by atoms with Crippen molar-refractivity contribution in [1.82, 2.24) is 24.7 Å². The zero-order valence-corrected chi connectivity index (χ0v) is 21.6. The molecule has 0 radical (unpaired) electrons. The van der Waals surface area contributed by atoms with Crippen molar-refractivity contribution in [3.05, 3.63) is 42.0 Å². The third kappa shape index (κ3) is 5.13. The highest BCUT2D eigenvalue weighted by Crippen LogP contribution is 2.38. The Morgan fingerprint density at radius 3 is 2.58 bits per heavy atom. The minimum atomic E-state index is -4.08. The number of methoxy groups -OCH3 is 1. The van der Waals surface area contributed by atoms with Crippen LogP contribution in [0.25, 0.3) is 11.4 Å². The van der Waals surface area contributed by atoms with Crippen molar-refractivity contribution in [2.75, 3.05) is 25.0 Å². The molecule has 0 spiro atoms. The van der Waals surface area contributed by atoms with Crippen LogP contribution in [0, 0.1) is 6.92 Å². The van der Waals surface area contributed by atoms with Crippen molar-refractivity contribution in [1.29, 1.82) is 0 Å². The molecule has 4 rings (SSSR count). The minimum Gasteiger partial charge on any atom is -0.497 e. The maximum Gasteiger partial charge on any atom is 0.240 e. The quantitative estimate of drug-likeness (QED) is 0.432. The Kier molecular flexibility index (Phi) is 7.43. The predicted octanol–water partition coefficient (Wildman–Crippen LogP) is 2.27. The highest BCUT2D eigenvalue weighted by atomic mass is 32.2. The lowest BCUT2D eigenvalue weighted by atomic mass is 10.1. The van der Waals surface area contributed by atoms with Gasteiger partial charge in [0.2, 0.25) is 16.0 Å². The van der Waals surface area contributed by atoms with Crippen LogP contribution in [0.3, 0.4) is 0 Å². The zero-order valence-electron chi connectivity index (χ0n) is 20.7. The van der Waals surface area contributed by atoms with Crippen LogP contribution in [0.2, 0.25) is 0 Å². The van der Waals surface area contributed by atoms with E-state index in [1.807, 2.05) is 20.8 Å². The molecule has 13 heteroatoms. The van der Waals surface area contributed by atoms with Crippen LogP contribution in [0.4, 0.5) is 5.95 Å². The number of aryl methyl sites for hydroxylation is 1. The number of fused-ring (bicyclic) bond motifs is 3. The van der Waals surface area contributed by atoms with Crippen molar-refractivity contribution in [2.24, 2.45) is 0 Å². The number of aliphatic hydroxyl groups is 1. The number of aromatic nitrogens is 5. The van der Waals surface area contributed by atoms with Gasteiger partial charge in [-0.05, 0) is 51.5 Å². The number of hydrogen-bond acceptors (Lipinski definition) is 10. The van der Waals surface area contributed by atoms with Crippen molar-refractivity contribution >= 4 is 16.0 Å². The van der Waals surface area contributed by atoms with Gasteiger partial charge in [0, 0.05) is 12.4 Å². The number of benzene rings is 1. The van der Waals surface area contributed by atoms with Gasteiger partial charge in [-0.2, -0.15) is 0 Å². The molecule has 0 saturated carbocycles. The molecule has 1 aliphatic heterocycles. The molecule has 3 heterocycles. The molecule has 3 aromatic rings. The first-order valence-corrected chi connectivity index (χ1v) is 13.0. The van der Waals surface area contributed by atoms with Gasteiger partial charge < -0.3 is 19.3 Å². The summed E-state index contributed by atoms with van der Waals surface area (Å²) in [5, 5.41) is 17.3. The summed E-state index contributed by atoms with van der Waals surface area (Å²) >= 11 is 0. The summed E-state index contributed by atoms with van der Waals surface area (Å²) in [4.78, 5) is 8.58. The van der Waals surface area contributed by atoms with E-state index in [0.717, 1.165) is 5.56 Å². The molecule has 1 aliphatic rings. The van der Waals surface area contributed by atoms with Gasteiger partial charge in [0.25, 0.3) is 0 Å². The predicted molar refractivity (Wildman–Crippen MR) is 131 cm³/mol. The van der Waals surface area contributed by atoms with Crippen LogP contribution < -0.4 is 14.2 Å². The molecule has 0 saturated heterocycles. The zero-order chi connectivity index (χ0) is 26.0. The summed E-state index contributed by atoms with van der Waals surface area (Å²) < 4.78 is 48.2. The maximum absolute atomic E-state index is 13.5. The standard InChI is InChI=1S/C23H30N6O6S/c1-13(2)35-20(21-24-9-14(3)10-25-21)15(4)36(31,32)28-23-27-26-22-18-8-17(33-5)6-7-19(18)34-12-16(11-30)29(22)23/h6-10,13,15-16,20,30H,11-12H2,1-5H3,(H,27,28)/t15-,16-,20+/m0/s1. The number of sulfonamides is 1. The van der Waals surface area contributed by atoms with Crippen molar-refractivity contribution in [3.63, 3.8) is 0 Å². The molecule has 3 atom stereocenters. The summed E-state index contributed by atoms with van der Waals surface area (Å²) in [7, 11) is -2.54. The highest BCUT2D eigenvalue weighted by Gasteiger charge is 2.36. The van der Waals surface area contributed by atoms with Gasteiger partial charge in [-0.3, -0.25) is 9.29 Å². The van der Waals surface area contributed by atoms with E-state index in [-0.39, 0.29) is 31.1 Å². The maximum atomic E-state index is 13.5. The Morgan fingerprint density at radius 1 is 1.22 bits per heavy atom. The number of anilines is 1. The molecule has 0 aliphatic carbocycles. The fraction of sp³-hybridized carbons (Fsp3) is 0.478. The Bertz CT molecular complexity index is 1310. The summed E-state index contributed by atoms with van der Waals surface area (Å²) in [6.07, 6.45) is 2.02. The number of hydrogen-bond donors (Lipinski definition) is 2. The highest BCUT2D eigenvalue weighted by molar-refractivity contribution is 7.93. The second-order valence-corrected chi connectivity index (χ2v) is 10.8. The van der Waals surface area contributed by atoms with Crippen LogP contribution in [-0.4, -0.2) is 69.9 Å². The van der Waals surface area contributed by atoms with E-state index in [1.54, 1.807) is 30.6 Å². The van der Waals surface area contributed by atoms with E-state index < -0.39 is 27.4 Å². The topological polar surface area (TPSA) is 151 Å². The lowest BCUT2D eigenvalue weighted by molar-refractivity contribution is 0.00152. The first-order chi connectivity index (χ1) is 17.1. The van der Waals surface area contributed by atoms with Gasteiger partial charge in [0.15, 0.2) is 11.6 Å². The van der Waals surface area contributed by atoms with Crippen molar-refractivity contribution in [3.8, 4) is 22.9 Å². The van der Waals surface area contributed by atoms with Crippen LogP contribution in [0.1, 0.15) is 44.3 Å². The number of rotatable bonds is 9. The summed E-state index contributed by atoms with van der Waals surface area (Å²) in [6, 6.07) is 4.56. The molecule has 12 nitrogen and oxygen atoms in total. The normalized spacial score (nSPS) is 16.9. The molecule has 0 fully saturated rings. The van der Waals surface area contributed by atoms with E-state index in [4.69, 9.17) is 14.2 Å². The number of aliphatic hydroxyl groups excluding tert-OH is 1. The molecule has 194 valence electrons. The van der Waals surface area contributed by atoms with Crippen molar-refractivity contribution < 1.29 is 27.7 Å². The van der Waals surface area contributed by atoms with Gasteiger partial charge in [0.05, 0.1) is 31.4 Å². The Balaban J connectivity index is 1.71. The molecule has 1 aromatic carbocycles. The number of ether oxygens (including phenoxy) is 3. The van der Waals surface area contributed by atoms with Gasteiger partial charge in [0.1, 0.15) is 29.5 Å². The Labute approximate surface area is 209 Å². The van der Waals surface area contributed by atoms with Crippen LogP contribution >= 0.6 is 0 Å². The summed E-state index contributed by atoms with van der Waals surface area (Å²) in [5.74, 6) is 1.63. The molecule has 0 unspecified atom stereocenters. The van der Waals surface area contributed by atoms with Gasteiger partial charge in [-0.15, -0.1) is 10.2 Å². The molecular formula is C23H30N6O6S. The Hall–Kier alpha value is -3.29. The van der Waals surface area contributed by atoms with E-state index in [9.17, 15) is 13.5 Å². The fourth-order valence-electron chi connectivity index (χ4n) is 3.83. The van der Waals surface area contributed by atoms with Crippen LogP contribution in [0.15, 0.2) is 30.6 Å². The molecule has 2 aromatic heterocycles. The lowest BCUT2D eigenvalue weighted by Gasteiger charge is -2.26. The average Bonchev–Trinajstić information content (AvgIpc) is 3.17. The van der Waals surface area contributed by atoms with Gasteiger partial charge >= 0.3 is 0 Å². The smallest absolute Gasteiger partial charge is 0.240 e. The average molecular weight is 519 g/mol. The third-order valence-corrected chi connectivity index (χ3v) is 7.45. The summed E-state index contributed by atoms with van der Waals surface area (Å²) in [5.41, 5.74) is 1.40. The Morgan fingerprint density at radius 2 is 1.94 bits per heavy atom. The largest absolute Gasteiger partial charge is 0.497 e. The first-order valence-electron chi connectivity index (χ1n) is 11.5. The van der Waals surface area contributed by atoms with E-state index >= 15 is 0 Å². The fourth-order valence-corrected chi connectivity index (χ4v) is 4.92. The van der Waals surface area contributed by atoms with E-state index in [0.29, 0.717) is 22.9 Å². The van der Waals surface area contributed by atoms with E-state index in [2.05, 4.69) is 24.9 Å². The molecule has 36 heavy (non-hydrogen) atoms. The second-order valence-electron chi connectivity index (χ2n) is 8.80. The molecule has 0 amide bonds. The van der Waals surface area contributed by atoms with Gasteiger partial charge in [-0.25, -0.2) is 18.4 Å². The molecular weight excluding hydrogens is 488 g/mol. The van der Waals surface area contributed by atoms with E-state index in [1.165, 1.54) is 18.6 Å². The third-order valence-electron chi connectivity index (χ3n) is 5.75. The molecule has 0 bridgehead atoms. The lowest BCUT2D eigenvalue weighted by Crippen LogP contribution is -2.35. The van der Waals surface area contributed by atoms with Crippen LogP contribution in [-0.2, 0) is 14.8 Å². The van der Waals surface area contributed by atoms with Gasteiger partial charge in [-0.1, -0.05) is 0 Å². The molecule has 2 N–H and O–H groups in total. The van der Waals surface area contributed by atoms with Crippen molar-refractivity contribution in [2.45, 2.75) is 51.2 Å². The SMILES string of the molecule is COc1ccc2c(c1)-c1nnc(NS(=O)(=O)[C@@H](C)[C@@H](OC(C)C)c3ncc(C)cn3)n1[C@@H](CO)CO2.